The zero-order valence-electron chi connectivity index (χ0n) is 23.4. The van der Waals surface area contributed by atoms with E-state index in [2.05, 4.69) is 66.5 Å². The normalized spacial score (nSPS) is 17.9. The second kappa shape index (κ2) is 10.9. The Morgan fingerprint density at radius 2 is 1.57 bits per heavy atom. The Balaban J connectivity index is 1.28. The lowest BCUT2D eigenvalue weighted by atomic mass is 9.71. The predicted octanol–water partition coefficient (Wildman–Crippen LogP) is 10.9. The standard InChI is InChI=1S/C38H30ClFN2/c1-23(24-6-8-25(9-7-24)32-16-17-42-37-15-14-31(40)21-35(32)37)33-20-29-18-27-4-2-3-5-28(27)19-34(29)38(36(33)22-41)26-10-12-30(39)13-11-26/h2-5,10-21,23-25H,6-9H2,1H3. The predicted molar refractivity (Wildman–Crippen MR) is 171 cm³/mol. The summed E-state index contributed by atoms with van der Waals surface area (Å²) in [7, 11) is 0. The van der Waals surface area contributed by atoms with Gasteiger partial charge in [-0.1, -0.05) is 54.9 Å². The van der Waals surface area contributed by atoms with Gasteiger partial charge in [0.25, 0.3) is 0 Å². The summed E-state index contributed by atoms with van der Waals surface area (Å²) in [5.74, 6) is 0.829. The highest BCUT2D eigenvalue weighted by molar-refractivity contribution is 6.30. The molecule has 206 valence electrons. The molecule has 0 amide bonds. The molecule has 1 unspecified atom stereocenters. The van der Waals surface area contributed by atoms with Crippen LogP contribution in [0.15, 0.2) is 97.2 Å². The molecule has 4 heteroatoms. The maximum atomic E-state index is 14.1. The molecule has 1 aliphatic rings. The van der Waals surface area contributed by atoms with Crippen LogP contribution in [-0.2, 0) is 0 Å². The van der Waals surface area contributed by atoms with E-state index in [1.54, 1.807) is 12.1 Å². The van der Waals surface area contributed by atoms with Gasteiger partial charge in [0.2, 0.25) is 0 Å². The van der Waals surface area contributed by atoms with E-state index in [9.17, 15) is 9.65 Å². The summed E-state index contributed by atoms with van der Waals surface area (Å²) < 4.78 is 14.1. The van der Waals surface area contributed by atoms with E-state index in [1.807, 2.05) is 30.5 Å². The summed E-state index contributed by atoms with van der Waals surface area (Å²) in [5, 5.41) is 16.8. The van der Waals surface area contributed by atoms with Crippen LogP contribution in [0.1, 0.15) is 61.1 Å². The molecule has 1 aliphatic carbocycles. The minimum atomic E-state index is -0.219. The van der Waals surface area contributed by atoms with Gasteiger partial charge in [-0.3, -0.25) is 4.98 Å². The fourth-order valence-corrected chi connectivity index (χ4v) is 7.31. The topological polar surface area (TPSA) is 36.7 Å². The Labute approximate surface area is 250 Å². The van der Waals surface area contributed by atoms with Crippen molar-refractivity contribution < 1.29 is 4.39 Å². The molecule has 1 fully saturated rings. The van der Waals surface area contributed by atoms with Crippen LogP contribution in [-0.4, -0.2) is 4.98 Å². The van der Waals surface area contributed by atoms with Crippen molar-refractivity contribution in [2.24, 2.45) is 5.92 Å². The maximum absolute atomic E-state index is 14.1. The zero-order valence-corrected chi connectivity index (χ0v) is 24.2. The third kappa shape index (κ3) is 4.71. The molecule has 0 radical (unpaired) electrons. The number of nitriles is 1. The molecular weight excluding hydrogens is 539 g/mol. The highest BCUT2D eigenvalue weighted by Crippen LogP contribution is 2.46. The smallest absolute Gasteiger partial charge is 0.123 e. The van der Waals surface area contributed by atoms with E-state index in [-0.39, 0.29) is 11.7 Å². The van der Waals surface area contributed by atoms with Crippen molar-refractivity contribution in [3.63, 3.8) is 0 Å². The Bertz CT molecular complexity index is 2000. The summed E-state index contributed by atoms with van der Waals surface area (Å²) in [5.41, 5.74) is 5.91. The van der Waals surface area contributed by atoms with E-state index in [0.29, 0.717) is 16.9 Å². The first-order chi connectivity index (χ1) is 20.5. The zero-order chi connectivity index (χ0) is 28.8. The lowest BCUT2D eigenvalue weighted by Crippen LogP contribution is -2.19. The molecule has 1 saturated carbocycles. The van der Waals surface area contributed by atoms with E-state index in [0.717, 1.165) is 75.0 Å². The van der Waals surface area contributed by atoms with Crippen molar-refractivity contribution in [3.05, 3.63) is 125 Å². The van der Waals surface area contributed by atoms with Crippen LogP contribution in [0.4, 0.5) is 4.39 Å². The third-order valence-electron chi connectivity index (χ3n) is 9.43. The second-order valence-corrected chi connectivity index (χ2v) is 12.2. The van der Waals surface area contributed by atoms with E-state index >= 15 is 0 Å². The van der Waals surface area contributed by atoms with Crippen molar-refractivity contribution >= 4 is 44.0 Å². The number of hydrogen-bond acceptors (Lipinski definition) is 2. The fourth-order valence-electron chi connectivity index (χ4n) is 7.19. The van der Waals surface area contributed by atoms with Crippen LogP contribution in [0.5, 0.6) is 0 Å². The lowest BCUT2D eigenvalue weighted by Gasteiger charge is -2.34. The minimum Gasteiger partial charge on any atom is -0.256 e. The van der Waals surface area contributed by atoms with Crippen molar-refractivity contribution in [2.75, 3.05) is 0 Å². The molecule has 1 aromatic heterocycles. The van der Waals surface area contributed by atoms with Gasteiger partial charge in [0.05, 0.1) is 11.1 Å². The number of fused-ring (bicyclic) bond motifs is 3. The molecule has 2 nitrogen and oxygen atoms in total. The van der Waals surface area contributed by atoms with E-state index < -0.39 is 0 Å². The number of rotatable bonds is 4. The van der Waals surface area contributed by atoms with Crippen LogP contribution in [0.3, 0.4) is 0 Å². The summed E-state index contributed by atoms with van der Waals surface area (Å²) >= 11 is 6.26. The molecule has 0 N–H and O–H groups in total. The summed E-state index contributed by atoms with van der Waals surface area (Å²) in [6.45, 7) is 2.29. The number of nitrogens with zero attached hydrogens (tertiary/aromatic N) is 2. The van der Waals surface area contributed by atoms with Crippen molar-refractivity contribution in [3.8, 4) is 17.2 Å². The average molecular weight is 569 g/mol. The number of benzene rings is 5. The average Bonchev–Trinajstić information content (AvgIpc) is 3.03. The first-order valence-electron chi connectivity index (χ1n) is 14.7. The van der Waals surface area contributed by atoms with Crippen molar-refractivity contribution in [2.45, 2.75) is 44.4 Å². The molecule has 0 spiro atoms. The summed E-state index contributed by atoms with van der Waals surface area (Å²) in [4.78, 5) is 4.46. The van der Waals surface area contributed by atoms with Gasteiger partial charge in [-0.25, -0.2) is 4.39 Å². The molecule has 6 aromatic rings. The van der Waals surface area contributed by atoms with Gasteiger partial charge in [0.15, 0.2) is 0 Å². The van der Waals surface area contributed by atoms with Gasteiger partial charge >= 0.3 is 0 Å². The molecular formula is C38H30ClFN2. The van der Waals surface area contributed by atoms with Crippen molar-refractivity contribution in [1.82, 2.24) is 4.98 Å². The molecule has 1 heterocycles. The second-order valence-electron chi connectivity index (χ2n) is 11.7. The third-order valence-corrected chi connectivity index (χ3v) is 9.68. The van der Waals surface area contributed by atoms with Crippen molar-refractivity contribution in [1.29, 1.82) is 5.26 Å². The Morgan fingerprint density at radius 3 is 2.31 bits per heavy atom. The Morgan fingerprint density at radius 1 is 0.833 bits per heavy atom. The molecule has 0 saturated heterocycles. The first-order valence-corrected chi connectivity index (χ1v) is 15.1. The van der Waals surface area contributed by atoms with Crippen LogP contribution in [0.2, 0.25) is 5.02 Å². The van der Waals surface area contributed by atoms with Crippen LogP contribution in [0, 0.1) is 23.1 Å². The molecule has 42 heavy (non-hydrogen) atoms. The summed E-state index contributed by atoms with van der Waals surface area (Å²) in [6, 6.07) is 32.5. The van der Waals surface area contributed by atoms with E-state index in [1.165, 1.54) is 17.0 Å². The first kappa shape index (κ1) is 26.6. The highest BCUT2D eigenvalue weighted by Gasteiger charge is 2.30. The molecule has 0 aliphatic heterocycles. The number of halogens is 2. The lowest BCUT2D eigenvalue weighted by molar-refractivity contribution is 0.291. The molecule has 5 aromatic carbocycles. The van der Waals surface area contributed by atoms with Gasteiger partial charge in [-0.15, -0.1) is 0 Å². The SMILES string of the molecule is CC(c1cc2cc3ccccc3cc2c(-c2ccc(Cl)cc2)c1C#N)C1CCC(c2ccnc3ccc(F)cc23)CC1. The van der Waals surface area contributed by atoms with Crippen LogP contribution >= 0.6 is 11.6 Å². The molecule has 1 atom stereocenters. The number of aromatic nitrogens is 1. The monoisotopic (exact) mass is 568 g/mol. The van der Waals surface area contributed by atoms with Gasteiger partial charge in [0, 0.05) is 22.2 Å². The Kier molecular flexibility index (Phi) is 6.88. The summed E-state index contributed by atoms with van der Waals surface area (Å²) in [6.07, 6.45) is 6.04. The fraction of sp³-hybridized carbons (Fsp3) is 0.211. The number of pyridine rings is 1. The van der Waals surface area contributed by atoms with Crippen LogP contribution < -0.4 is 0 Å². The van der Waals surface area contributed by atoms with Gasteiger partial charge in [-0.05, 0) is 136 Å². The quantitative estimate of drug-likeness (QED) is 0.198. The maximum Gasteiger partial charge on any atom is 0.123 e. The number of hydrogen-bond donors (Lipinski definition) is 0. The highest BCUT2D eigenvalue weighted by atomic mass is 35.5. The van der Waals surface area contributed by atoms with Crippen LogP contribution in [0.25, 0.3) is 43.6 Å². The largest absolute Gasteiger partial charge is 0.256 e. The molecule has 7 rings (SSSR count). The van der Waals surface area contributed by atoms with E-state index in [4.69, 9.17) is 11.6 Å². The van der Waals surface area contributed by atoms with Gasteiger partial charge in [0.1, 0.15) is 11.9 Å². The van der Waals surface area contributed by atoms with Gasteiger partial charge < -0.3 is 0 Å². The Hall–Kier alpha value is -4.26. The minimum absolute atomic E-state index is 0.217. The molecule has 0 bridgehead atoms. The van der Waals surface area contributed by atoms with Gasteiger partial charge in [-0.2, -0.15) is 5.26 Å².